The molecule has 2 amide bonds. The number of nitrogens with one attached hydrogen (secondary N) is 2. The lowest BCUT2D eigenvalue weighted by Gasteiger charge is -2.19. The van der Waals surface area contributed by atoms with E-state index < -0.39 is 0 Å². The van der Waals surface area contributed by atoms with Gasteiger partial charge in [-0.05, 0) is 36.1 Å². The highest BCUT2D eigenvalue weighted by molar-refractivity contribution is 5.89. The first-order valence-electron chi connectivity index (χ1n) is 7.92. The largest absolute Gasteiger partial charge is 0.396 e. The van der Waals surface area contributed by atoms with E-state index in [4.69, 9.17) is 10.4 Å². The van der Waals surface area contributed by atoms with Gasteiger partial charge < -0.3 is 15.7 Å². The fourth-order valence-electron chi connectivity index (χ4n) is 2.43. The number of hydrogen-bond acceptors (Lipinski definition) is 3. The van der Waals surface area contributed by atoms with Gasteiger partial charge in [-0.2, -0.15) is 5.26 Å². The van der Waals surface area contributed by atoms with Gasteiger partial charge in [-0.15, -0.1) is 0 Å². The van der Waals surface area contributed by atoms with Crippen molar-refractivity contribution >= 4 is 11.7 Å². The molecule has 5 heteroatoms. The minimum atomic E-state index is -0.296. The Balaban J connectivity index is 1.98. The Morgan fingerprint density at radius 2 is 1.83 bits per heavy atom. The molecule has 0 unspecified atom stereocenters. The Labute approximate surface area is 141 Å². The van der Waals surface area contributed by atoms with Crippen molar-refractivity contribution in [1.29, 1.82) is 5.26 Å². The van der Waals surface area contributed by atoms with Gasteiger partial charge in [-0.25, -0.2) is 4.79 Å². The van der Waals surface area contributed by atoms with Crippen LogP contribution < -0.4 is 10.6 Å². The van der Waals surface area contributed by atoms with Crippen LogP contribution in [0.15, 0.2) is 54.6 Å². The van der Waals surface area contributed by atoms with E-state index in [9.17, 15) is 4.79 Å². The average Bonchev–Trinajstić information content (AvgIpc) is 2.61. The quantitative estimate of drug-likeness (QED) is 0.730. The van der Waals surface area contributed by atoms with Crippen molar-refractivity contribution in [2.45, 2.75) is 25.3 Å². The van der Waals surface area contributed by atoms with Crippen molar-refractivity contribution in [3.8, 4) is 6.07 Å². The zero-order chi connectivity index (χ0) is 17.2. The molecular weight excluding hydrogens is 302 g/mol. The standard InChI is InChI=1S/C19H21N3O2/c20-13-12-15-8-10-17(11-9-15)21-19(24)22-18(7-4-14-23)16-5-2-1-3-6-16/h1-3,5-6,8-11,18,23H,4,7,12,14H2,(H2,21,22,24)/t18-/m1/s1. The zero-order valence-electron chi connectivity index (χ0n) is 13.4. The first-order valence-corrected chi connectivity index (χ1v) is 7.92. The Morgan fingerprint density at radius 1 is 1.12 bits per heavy atom. The second kappa shape index (κ2) is 9.33. The summed E-state index contributed by atoms with van der Waals surface area (Å²) >= 11 is 0. The molecule has 0 bridgehead atoms. The van der Waals surface area contributed by atoms with Gasteiger partial charge in [0.2, 0.25) is 0 Å². The van der Waals surface area contributed by atoms with Crippen molar-refractivity contribution in [2.24, 2.45) is 0 Å². The van der Waals surface area contributed by atoms with E-state index in [1.54, 1.807) is 12.1 Å². The molecule has 0 radical (unpaired) electrons. The number of benzene rings is 2. The van der Waals surface area contributed by atoms with Gasteiger partial charge in [-0.1, -0.05) is 42.5 Å². The van der Waals surface area contributed by atoms with Gasteiger partial charge in [0.15, 0.2) is 0 Å². The summed E-state index contributed by atoms with van der Waals surface area (Å²) in [6, 6.07) is 18.5. The maximum absolute atomic E-state index is 12.2. The van der Waals surface area contributed by atoms with Gasteiger partial charge in [0.1, 0.15) is 0 Å². The number of anilines is 1. The third-order valence-corrected chi connectivity index (χ3v) is 3.65. The highest BCUT2D eigenvalue weighted by Crippen LogP contribution is 2.18. The van der Waals surface area contributed by atoms with E-state index in [-0.39, 0.29) is 18.7 Å². The Morgan fingerprint density at radius 3 is 2.46 bits per heavy atom. The molecule has 124 valence electrons. The van der Waals surface area contributed by atoms with E-state index in [0.29, 0.717) is 24.9 Å². The number of nitrogens with zero attached hydrogens (tertiary/aromatic N) is 1. The Bertz CT molecular complexity index is 678. The molecule has 0 fully saturated rings. The van der Waals surface area contributed by atoms with Gasteiger partial charge in [-0.3, -0.25) is 0 Å². The number of rotatable bonds is 7. The molecule has 0 aromatic heterocycles. The van der Waals surface area contributed by atoms with Crippen LogP contribution in [0.2, 0.25) is 0 Å². The second-order valence-corrected chi connectivity index (χ2v) is 5.46. The summed E-state index contributed by atoms with van der Waals surface area (Å²) in [4.78, 5) is 12.2. The zero-order valence-corrected chi connectivity index (χ0v) is 13.4. The lowest BCUT2D eigenvalue weighted by molar-refractivity contribution is 0.244. The lowest BCUT2D eigenvalue weighted by Crippen LogP contribution is -2.32. The molecule has 0 aliphatic heterocycles. The molecule has 0 heterocycles. The van der Waals surface area contributed by atoms with E-state index >= 15 is 0 Å². The van der Waals surface area contributed by atoms with Gasteiger partial charge >= 0.3 is 6.03 Å². The van der Waals surface area contributed by atoms with Crippen molar-refractivity contribution in [3.63, 3.8) is 0 Å². The average molecular weight is 323 g/mol. The maximum atomic E-state index is 12.2. The number of urea groups is 1. The minimum Gasteiger partial charge on any atom is -0.396 e. The van der Waals surface area contributed by atoms with E-state index in [0.717, 1.165) is 11.1 Å². The first-order chi connectivity index (χ1) is 11.7. The molecular formula is C19H21N3O2. The summed E-state index contributed by atoms with van der Waals surface area (Å²) in [7, 11) is 0. The maximum Gasteiger partial charge on any atom is 0.319 e. The third-order valence-electron chi connectivity index (χ3n) is 3.65. The van der Waals surface area contributed by atoms with E-state index in [1.807, 2.05) is 42.5 Å². The molecule has 24 heavy (non-hydrogen) atoms. The van der Waals surface area contributed by atoms with E-state index in [2.05, 4.69) is 16.7 Å². The summed E-state index contributed by atoms with van der Waals surface area (Å²) < 4.78 is 0. The second-order valence-electron chi connectivity index (χ2n) is 5.46. The van der Waals surface area contributed by atoms with Crippen LogP contribution in [0.4, 0.5) is 10.5 Å². The van der Waals surface area contributed by atoms with Gasteiger partial charge in [0, 0.05) is 12.3 Å². The monoisotopic (exact) mass is 323 g/mol. The molecule has 0 aliphatic rings. The van der Waals surface area contributed by atoms with Gasteiger partial charge in [0.05, 0.1) is 18.5 Å². The fourth-order valence-corrected chi connectivity index (χ4v) is 2.43. The highest BCUT2D eigenvalue weighted by Gasteiger charge is 2.14. The molecule has 0 saturated carbocycles. The van der Waals surface area contributed by atoms with Crippen LogP contribution in [-0.2, 0) is 6.42 Å². The van der Waals surface area contributed by atoms with Crippen LogP contribution in [-0.4, -0.2) is 17.7 Å². The fraction of sp³-hybridized carbons (Fsp3) is 0.263. The van der Waals surface area contributed by atoms with Crippen LogP contribution in [0.3, 0.4) is 0 Å². The topological polar surface area (TPSA) is 85.2 Å². The predicted octanol–water partition coefficient (Wildman–Crippen LogP) is 3.39. The summed E-state index contributed by atoms with van der Waals surface area (Å²) in [5.41, 5.74) is 2.59. The van der Waals surface area contributed by atoms with Crippen molar-refractivity contribution in [2.75, 3.05) is 11.9 Å². The van der Waals surface area contributed by atoms with Crippen LogP contribution in [0.25, 0.3) is 0 Å². The number of hydrogen-bond donors (Lipinski definition) is 3. The minimum absolute atomic E-state index is 0.0903. The molecule has 2 aromatic carbocycles. The molecule has 0 spiro atoms. The molecule has 5 nitrogen and oxygen atoms in total. The number of amides is 2. The molecule has 0 saturated heterocycles. The van der Waals surface area contributed by atoms with Crippen LogP contribution in [0, 0.1) is 11.3 Å². The number of aliphatic hydroxyl groups is 1. The van der Waals surface area contributed by atoms with E-state index in [1.165, 1.54) is 0 Å². The number of nitriles is 1. The van der Waals surface area contributed by atoms with Crippen molar-refractivity contribution < 1.29 is 9.90 Å². The normalized spacial score (nSPS) is 11.3. The SMILES string of the molecule is N#CCc1ccc(NC(=O)N[C@H](CCCO)c2ccccc2)cc1. The lowest BCUT2D eigenvalue weighted by atomic mass is 10.0. The number of aliphatic hydroxyl groups excluding tert-OH is 1. The number of carbonyl (C=O) groups is 1. The van der Waals surface area contributed by atoms with Crippen LogP contribution in [0.5, 0.6) is 0 Å². The summed E-state index contributed by atoms with van der Waals surface area (Å²) in [6.07, 6.45) is 1.63. The Kier molecular flexibility index (Phi) is 6.81. The molecule has 1 atom stereocenters. The summed E-state index contributed by atoms with van der Waals surface area (Å²) in [5, 5.41) is 23.5. The van der Waals surface area contributed by atoms with Crippen LogP contribution >= 0.6 is 0 Å². The Hall–Kier alpha value is -2.84. The van der Waals surface area contributed by atoms with Crippen molar-refractivity contribution in [1.82, 2.24) is 5.32 Å². The predicted molar refractivity (Wildman–Crippen MR) is 93.4 cm³/mol. The highest BCUT2D eigenvalue weighted by atomic mass is 16.3. The molecule has 0 aliphatic carbocycles. The smallest absolute Gasteiger partial charge is 0.319 e. The molecule has 2 rings (SSSR count). The summed E-state index contributed by atoms with van der Waals surface area (Å²) in [5.74, 6) is 0. The van der Waals surface area contributed by atoms with Crippen LogP contribution in [0.1, 0.15) is 30.0 Å². The number of carbonyl (C=O) groups excluding carboxylic acids is 1. The third kappa shape index (κ3) is 5.41. The van der Waals surface area contributed by atoms with Crippen molar-refractivity contribution in [3.05, 3.63) is 65.7 Å². The first kappa shape index (κ1) is 17.5. The molecule has 3 N–H and O–H groups in total. The molecule has 2 aromatic rings. The summed E-state index contributed by atoms with van der Waals surface area (Å²) in [6.45, 7) is 0.0903. The van der Waals surface area contributed by atoms with Gasteiger partial charge in [0.25, 0.3) is 0 Å².